The van der Waals surface area contributed by atoms with E-state index in [9.17, 15) is 0 Å². The molecule has 3 heteroatoms. The number of rotatable bonds is 7. The van der Waals surface area contributed by atoms with E-state index in [0.29, 0.717) is 0 Å². The van der Waals surface area contributed by atoms with Gasteiger partial charge in [-0.1, -0.05) is 44.2 Å². The van der Waals surface area contributed by atoms with Crippen LogP contribution in [0.5, 0.6) is 0 Å². The zero-order chi connectivity index (χ0) is 11.9. The van der Waals surface area contributed by atoms with Crippen LogP contribution in [0.1, 0.15) is 26.7 Å². The van der Waals surface area contributed by atoms with Gasteiger partial charge in [0.15, 0.2) is 0 Å². The molecule has 0 radical (unpaired) electrons. The van der Waals surface area contributed by atoms with Gasteiger partial charge >= 0.3 is 0 Å². The van der Waals surface area contributed by atoms with Crippen LogP contribution in [0.4, 0.5) is 0 Å². The van der Waals surface area contributed by atoms with Gasteiger partial charge in [0.25, 0.3) is 0 Å². The van der Waals surface area contributed by atoms with Crippen molar-refractivity contribution in [3.8, 4) is 0 Å². The fourth-order valence-corrected chi connectivity index (χ4v) is 4.68. The van der Waals surface area contributed by atoms with Crippen molar-refractivity contribution in [1.82, 2.24) is 9.96 Å². The Morgan fingerprint density at radius 3 is 1.88 bits per heavy atom. The Balaban J connectivity index is 2.77. The van der Waals surface area contributed by atoms with Gasteiger partial charge in [0, 0.05) is 0 Å². The molecule has 0 fully saturated rings. The predicted octanol–water partition coefficient (Wildman–Crippen LogP) is 1.96. The fourth-order valence-electron chi connectivity index (χ4n) is 1.79. The number of benzene rings is 1. The van der Waals surface area contributed by atoms with E-state index in [4.69, 9.17) is 0 Å². The lowest BCUT2D eigenvalue weighted by molar-refractivity contribution is 0.778. The number of nitrogens with one attached hydrogen (secondary N) is 2. The summed E-state index contributed by atoms with van der Waals surface area (Å²) in [7, 11) is -1.67. The van der Waals surface area contributed by atoms with Gasteiger partial charge in [-0.3, -0.25) is 0 Å². The summed E-state index contributed by atoms with van der Waals surface area (Å²) in [5.41, 5.74) is 0. The Kier molecular flexibility index (Phi) is 5.73. The second-order valence-electron chi connectivity index (χ2n) is 4.34. The van der Waals surface area contributed by atoms with Gasteiger partial charge in [-0.25, -0.2) is 0 Å². The van der Waals surface area contributed by atoms with Crippen LogP contribution in [0.15, 0.2) is 30.3 Å². The van der Waals surface area contributed by atoms with E-state index in [0.717, 1.165) is 13.1 Å². The monoisotopic (exact) mass is 236 g/mol. The molecular weight excluding hydrogens is 212 g/mol. The van der Waals surface area contributed by atoms with E-state index >= 15 is 0 Å². The largest absolute Gasteiger partial charge is 0.322 e. The maximum absolute atomic E-state index is 3.72. The molecule has 0 saturated carbocycles. The minimum atomic E-state index is -1.67. The van der Waals surface area contributed by atoms with Crippen LogP contribution in [-0.4, -0.2) is 21.5 Å². The second kappa shape index (κ2) is 6.84. The lowest BCUT2D eigenvalue weighted by atomic mass is 10.4. The van der Waals surface area contributed by atoms with Crippen molar-refractivity contribution in [2.45, 2.75) is 33.2 Å². The Morgan fingerprint density at radius 1 is 0.938 bits per heavy atom. The van der Waals surface area contributed by atoms with Crippen molar-refractivity contribution in [2.24, 2.45) is 0 Å². The van der Waals surface area contributed by atoms with Gasteiger partial charge < -0.3 is 9.96 Å². The van der Waals surface area contributed by atoms with Crippen molar-refractivity contribution < 1.29 is 0 Å². The first kappa shape index (κ1) is 13.4. The molecular formula is C13H24N2Si. The van der Waals surface area contributed by atoms with Crippen LogP contribution < -0.4 is 15.2 Å². The molecule has 0 spiro atoms. The molecule has 90 valence electrons. The summed E-state index contributed by atoms with van der Waals surface area (Å²) in [6, 6.07) is 10.8. The van der Waals surface area contributed by atoms with Gasteiger partial charge in [-0.2, -0.15) is 0 Å². The van der Waals surface area contributed by atoms with E-state index in [1.165, 1.54) is 18.0 Å². The summed E-state index contributed by atoms with van der Waals surface area (Å²) in [6.45, 7) is 8.97. The minimum absolute atomic E-state index is 1.09. The van der Waals surface area contributed by atoms with Crippen molar-refractivity contribution in [1.29, 1.82) is 0 Å². The quantitative estimate of drug-likeness (QED) is 0.707. The molecule has 1 aromatic rings. The lowest BCUT2D eigenvalue weighted by Gasteiger charge is -2.29. The summed E-state index contributed by atoms with van der Waals surface area (Å²) >= 11 is 0. The first-order valence-electron chi connectivity index (χ1n) is 6.28. The number of hydrogen-bond donors (Lipinski definition) is 2. The van der Waals surface area contributed by atoms with Crippen molar-refractivity contribution in [3.05, 3.63) is 30.3 Å². The highest BCUT2D eigenvalue weighted by atomic mass is 28.3. The summed E-state index contributed by atoms with van der Waals surface area (Å²) in [5.74, 6) is 0. The highest BCUT2D eigenvalue weighted by Crippen LogP contribution is 1.97. The fraction of sp³-hybridized carbons (Fsp3) is 0.538. The van der Waals surface area contributed by atoms with E-state index in [1.54, 1.807) is 0 Å². The average molecular weight is 236 g/mol. The molecule has 0 saturated heterocycles. The van der Waals surface area contributed by atoms with E-state index < -0.39 is 8.40 Å². The highest BCUT2D eigenvalue weighted by molar-refractivity contribution is 6.86. The maximum Gasteiger partial charge on any atom is 0.231 e. The average Bonchev–Trinajstić information content (AvgIpc) is 2.35. The number of hydrogen-bond acceptors (Lipinski definition) is 2. The van der Waals surface area contributed by atoms with E-state index in [2.05, 4.69) is 60.7 Å². The molecule has 1 rings (SSSR count). The van der Waals surface area contributed by atoms with Crippen LogP contribution in [0.3, 0.4) is 0 Å². The van der Waals surface area contributed by atoms with Crippen molar-refractivity contribution in [2.75, 3.05) is 13.1 Å². The molecule has 2 N–H and O–H groups in total. The summed E-state index contributed by atoms with van der Waals surface area (Å²) < 4.78 is 0. The molecule has 0 unspecified atom stereocenters. The third-order valence-electron chi connectivity index (χ3n) is 2.81. The zero-order valence-electron chi connectivity index (χ0n) is 10.7. The molecule has 0 aromatic heterocycles. The van der Waals surface area contributed by atoms with Crippen molar-refractivity contribution in [3.63, 3.8) is 0 Å². The standard InChI is InChI=1S/C13H24N2Si/c1-4-11-14-16(3,15-12-5-2)13-9-7-6-8-10-13/h6-10,14-15H,4-5,11-12H2,1-3H3. The first-order valence-corrected chi connectivity index (χ1v) is 8.78. The molecule has 0 atom stereocenters. The van der Waals surface area contributed by atoms with Crippen LogP contribution in [-0.2, 0) is 0 Å². The molecule has 0 amide bonds. The molecule has 0 aliphatic carbocycles. The third-order valence-corrected chi connectivity index (χ3v) is 6.21. The lowest BCUT2D eigenvalue weighted by Crippen LogP contribution is -2.68. The molecule has 2 nitrogen and oxygen atoms in total. The molecule has 0 aliphatic rings. The van der Waals surface area contributed by atoms with Crippen LogP contribution >= 0.6 is 0 Å². The Hall–Kier alpha value is -0.643. The molecule has 1 aromatic carbocycles. The van der Waals surface area contributed by atoms with E-state index in [-0.39, 0.29) is 0 Å². The topological polar surface area (TPSA) is 24.1 Å². The van der Waals surface area contributed by atoms with Gasteiger partial charge in [-0.15, -0.1) is 0 Å². The zero-order valence-corrected chi connectivity index (χ0v) is 11.7. The summed E-state index contributed by atoms with van der Waals surface area (Å²) in [5, 5.41) is 1.44. The predicted molar refractivity (Wildman–Crippen MR) is 74.3 cm³/mol. The van der Waals surface area contributed by atoms with Crippen LogP contribution in [0.25, 0.3) is 0 Å². The molecule has 0 aliphatic heterocycles. The molecule has 0 heterocycles. The van der Waals surface area contributed by atoms with E-state index in [1.807, 2.05) is 0 Å². The van der Waals surface area contributed by atoms with Crippen LogP contribution in [0.2, 0.25) is 6.55 Å². The summed E-state index contributed by atoms with van der Waals surface area (Å²) in [4.78, 5) is 7.45. The normalized spacial score (nSPS) is 11.7. The molecule has 0 bridgehead atoms. The van der Waals surface area contributed by atoms with Gasteiger partial charge in [0.1, 0.15) is 0 Å². The maximum atomic E-state index is 3.72. The van der Waals surface area contributed by atoms with Crippen molar-refractivity contribution >= 4 is 13.6 Å². The summed E-state index contributed by atoms with van der Waals surface area (Å²) in [6.07, 6.45) is 2.37. The highest BCUT2D eigenvalue weighted by Gasteiger charge is 2.28. The SMILES string of the molecule is CCCN[Si](C)(NCCC)c1ccccc1. The van der Waals surface area contributed by atoms with Gasteiger partial charge in [0.05, 0.1) is 0 Å². The first-order chi connectivity index (χ1) is 7.73. The minimum Gasteiger partial charge on any atom is -0.322 e. The Bertz CT molecular complexity index is 279. The smallest absolute Gasteiger partial charge is 0.231 e. The van der Waals surface area contributed by atoms with Gasteiger partial charge in [0.2, 0.25) is 8.40 Å². The second-order valence-corrected chi connectivity index (χ2v) is 7.88. The van der Waals surface area contributed by atoms with Gasteiger partial charge in [-0.05, 0) is 37.7 Å². The Morgan fingerprint density at radius 2 is 1.44 bits per heavy atom. The molecule has 16 heavy (non-hydrogen) atoms. The third kappa shape index (κ3) is 3.74. The Labute approximate surface area is 101 Å². The van der Waals surface area contributed by atoms with Crippen LogP contribution in [0, 0.1) is 0 Å².